The van der Waals surface area contributed by atoms with Crippen LogP contribution >= 0.6 is 11.3 Å². The second kappa shape index (κ2) is 13.5. The number of benzene rings is 2. The highest BCUT2D eigenvalue weighted by atomic mass is 32.1. The molecule has 46 heavy (non-hydrogen) atoms. The van der Waals surface area contributed by atoms with Crippen LogP contribution in [0.5, 0.6) is 11.8 Å². The van der Waals surface area contributed by atoms with Crippen LogP contribution in [0.3, 0.4) is 0 Å². The van der Waals surface area contributed by atoms with Gasteiger partial charge in [0.25, 0.3) is 0 Å². The van der Waals surface area contributed by atoms with E-state index in [1.807, 2.05) is 50.2 Å². The zero-order valence-corrected chi connectivity index (χ0v) is 27.1. The molecule has 5 aromatic rings. The number of hydrogen-bond acceptors (Lipinski definition) is 8. The van der Waals surface area contributed by atoms with Crippen LogP contribution in [0.2, 0.25) is 0 Å². The molecule has 0 saturated carbocycles. The molecule has 0 spiro atoms. The van der Waals surface area contributed by atoms with E-state index in [-0.39, 0.29) is 11.9 Å². The van der Waals surface area contributed by atoms with E-state index < -0.39 is 6.03 Å². The van der Waals surface area contributed by atoms with Gasteiger partial charge in [-0.2, -0.15) is 5.10 Å². The van der Waals surface area contributed by atoms with Crippen molar-refractivity contribution in [2.75, 3.05) is 22.1 Å². The van der Waals surface area contributed by atoms with Gasteiger partial charge in [-0.15, -0.1) is 0 Å². The number of carbonyl (C=O) groups excluding carboxylic acids is 2. The fourth-order valence-electron chi connectivity index (χ4n) is 5.20. The SMILES string of the molecule is Cc1ccc(C)c(-n2nc(CC(C)C)cc2NC(=O)Nc2cnc(Oc3ccc(-c4cnc(N5CCCCC5=O)s4)cc3)nc2)c1. The molecule has 3 aromatic heterocycles. The van der Waals surface area contributed by atoms with Crippen LogP contribution in [0.15, 0.2) is 67.1 Å². The number of nitrogens with zero attached hydrogens (tertiary/aromatic N) is 6. The summed E-state index contributed by atoms with van der Waals surface area (Å²) in [7, 11) is 0. The van der Waals surface area contributed by atoms with E-state index in [0.29, 0.717) is 29.6 Å². The van der Waals surface area contributed by atoms with Crippen molar-refractivity contribution in [1.29, 1.82) is 0 Å². The topological polar surface area (TPSA) is 127 Å². The second-order valence-electron chi connectivity index (χ2n) is 11.8. The Morgan fingerprint density at radius 3 is 2.50 bits per heavy atom. The largest absolute Gasteiger partial charge is 0.424 e. The highest BCUT2D eigenvalue weighted by Crippen LogP contribution is 2.34. The molecule has 0 radical (unpaired) electrons. The zero-order valence-electron chi connectivity index (χ0n) is 26.3. The molecule has 0 bridgehead atoms. The summed E-state index contributed by atoms with van der Waals surface area (Å²) in [5.41, 5.74) is 5.35. The van der Waals surface area contributed by atoms with Crippen molar-refractivity contribution in [3.8, 4) is 27.9 Å². The van der Waals surface area contributed by atoms with Crippen molar-refractivity contribution >= 4 is 39.9 Å². The van der Waals surface area contributed by atoms with Crippen LogP contribution in [0, 0.1) is 19.8 Å². The fraction of sp³-hybridized carbons (Fsp3) is 0.294. The maximum atomic E-state index is 13.0. The number of ether oxygens (including phenoxy) is 1. The number of aryl methyl sites for hydroxylation is 2. The molecule has 12 heteroatoms. The van der Waals surface area contributed by atoms with Gasteiger partial charge in [0.15, 0.2) is 5.13 Å². The highest BCUT2D eigenvalue weighted by Gasteiger charge is 2.22. The normalized spacial score (nSPS) is 13.2. The Morgan fingerprint density at radius 2 is 1.76 bits per heavy atom. The number of rotatable bonds is 9. The first kappa shape index (κ1) is 30.9. The predicted octanol–water partition coefficient (Wildman–Crippen LogP) is 7.55. The molecule has 0 unspecified atom stereocenters. The molecule has 2 N–H and O–H groups in total. The van der Waals surface area contributed by atoms with Gasteiger partial charge in [0.05, 0.1) is 34.3 Å². The van der Waals surface area contributed by atoms with Gasteiger partial charge in [-0.3, -0.25) is 15.0 Å². The van der Waals surface area contributed by atoms with Crippen LogP contribution < -0.4 is 20.3 Å². The Morgan fingerprint density at radius 1 is 0.978 bits per heavy atom. The lowest BCUT2D eigenvalue weighted by Gasteiger charge is -2.23. The molecule has 6 rings (SSSR count). The smallest absolute Gasteiger partial charge is 0.324 e. The number of aromatic nitrogens is 5. The predicted molar refractivity (Wildman–Crippen MR) is 180 cm³/mol. The Bertz CT molecular complexity index is 1850. The third kappa shape index (κ3) is 7.23. The van der Waals surface area contributed by atoms with Gasteiger partial charge in [0.1, 0.15) is 11.6 Å². The Balaban J connectivity index is 1.08. The van der Waals surface area contributed by atoms with E-state index in [9.17, 15) is 9.59 Å². The van der Waals surface area contributed by atoms with Crippen LogP contribution in [0.4, 0.5) is 21.4 Å². The maximum Gasteiger partial charge on any atom is 0.324 e. The zero-order chi connectivity index (χ0) is 32.2. The molecular formula is C34H36N8O3S. The summed E-state index contributed by atoms with van der Waals surface area (Å²) in [5.74, 6) is 1.69. The first-order valence-electron chi connectivity index (χ1n) is 15.3. The summed E-state index contributed by atoms with van der Waals surface area (Å²) < 4.78 is 7.61. The Labute approximate surface area is 271 Å². The lowest BCUT2D eigenvalue weighted by Crippen LogP contribution is -2.34. The minimum Gasteiger partial charge on any atom is -0.424 e. The van der Waals surface area contributed by atoms with Crippen molar-refractivity contribution < 1.29 is 14.3 Å². The summed E-state index contributed by atoms with van der Waals surface area (Å²) in [6, 6.07) is 15.3. The lowest BCUT2D eigenvalue weighted by molar-refractivity contribution is -0.119. The van der Waals surface area contributed by atoms with Gasteiger partial charge in [-0.25, -0.2) is 24.4 Å². The van der Waals surface area contributed by atoms with Gasteiger partial charge in [0, 0.05) is 25.2 Å². The number of hydrogen-bond donors (Lipinski definition) is 2. The second-order valence-corrected chi connectivity index (χ2v) is 12.8. The van der Waals surface area contributed by atoms with E-state index in [4.69, 9.17) is 9.84 Å². The third-order valence-corrected chi connectivity index (χ3v) is 8.56. The minimum atomic E-state index is -0.439. The van der Waals surface area contributed by atoms with Gasteiger partial charge in [0.2, 0.25) is 5.91 Å². The first-order chi connectivity index (χ1) is 22.2. The minimum absolute atomic E-state index is 0.133. The van der Waals surface area contributed by atoms with Gasteiger partial charge < -0.3 is 10.1 Å². The van der Waals surface area contributed by atoms with Crippen molar-refractivity contribution in [3.63, 3.8) is 0 Å². The van der Waals surface area contributed by atoms with E-state index in [1.165, 1.54) is 23.7 Å². The maximum absolute atomic E-state index is 13.0. The van der Waals surface area contributed by atoms with Crippen LogP contribution in [0.1, 0.15) is 49.9 Å². The number of amides is 3. The molecule has 0 aliphatic carbocycles. The first-order valence-corrected chi connectivity index (χ1v) is 16.1. The number of anilines is 3. The molecule has 1 aliphatic heterocycles. The van der Waals surface area contributed by atoms with E-state index >= 15 is 0 Å². The molecule has 1 fully saturated rings. The number of thiazole rings is 1. The highest BCUT2D eigenvalue weighted by molar-refractivity contribution is 7.19. The van der Waals surface area contributed by atoms with Crippen LogP contribution in [-0.4, -0.2) is 43.2 Å². The monoisotopic (exact) mass is 636 g/mol. The molecular weight excluding hydrogens is 600 g/mol. The molecule has 3 amide bonds. The summed E-state index contributed by atoms with van der Waals surface area (Å²) >= 11 is 1.50. The fourth-order valence-corrected chi connectivity index (χ4v) is 6.17. The van der Waals surface area contributed by atoms with Crippen molar-refractivity contribution in [1.82, 2.24) is 24.7 Å². The lowest BCUT2D eigenvalue weighted by atomic mass is 10.1. The summed E-state index contributed by atoms with van der Waals surface area (Å²) in [4.78, 5) is 41.0. The van der Waals surface area contributed by atoms with Crippen molar-refractivity contribution in [2.45, 2.75) is 53.4 Å². The molecule has 0 atom stereocenters. The standard InChI is InChI=1S/C34H36N8O3S/c1-21(2)15-25-17-30(42(40-25)28-16-22(3)8-9-23(28)4)39-32(44)38-26-18-35-33(36-19-26)45-27-12-10-24(11-13-27)29-20-37-34(46-29)41-14-6-5-7-31(41)43/h8-13,16-21H,5-7,14-15H2,1-4H3,(H2,38,39,44). The summed E-state index contributed by atoms with van der Waals surface area (Å²) in [6.07, 6.45) is 8.08. The van der Waals surface area contributed by atoms with E-state index in [1.54, 1.807) is 15.8 Å². The number of carbonyl (C=O) groups is 2. The number of nitrogens with one attached hydrogen (secondary N) is 2. The Kier molecular flexibility index (Phi) is 9.06. The van der Waals surface area contributed by atoms with Gasteiger partial charge in [-0.1, -0.05) is 37.3 Å². The van der Waals surface area contributed by atoms with Crippen molar-refractivity contribution in [3.05, 3.63) is 83.9 Å². The molecule has 11 nitrogen and oxygen atoms in total. The summed E-state index contributed by atoms with van der Waals surface area (Å²) in [6.45, 7) is 9.05. The molecule has 4 heterocycles. The van der Waals surface area contributed by atoms with E-state index in [0.717, 1.165) is 63.9 Å². The van der Waals surface area contributed by atoms with Gasteiger partial charge >= 0.3 is 12.0 Å². The van der Waals surface area contributed by atoms with Crippen LogP contribution in [0.25, 0.3) is 16.1 Å². The average molecular weight is 637 g/mol. The average Bonchev–Trinajstić information content (AvgIpc) is 3.67. The molecule has 2 aromatic carbocycles. The molecule has 236 valence electrons. The quantitative estimate of drug-likeness (QED) is 0.171. The van der Waals surface area contributed by atoms with E-state index in [2.05, 4.69) is 51.6 Å². The number of urea groups is 1. The molecule has 1 saturated heterocycles. The summed E-state index contributed by atoms with van der Waals surface area (Å²) in [5, 5.41) is 11.3. The van der Waals surface area contributed by atoms with Crippen molar-refractivity contribution in [2.24, 2.45) is 5.92 Å². The van der Waals surface area contributed by atoms with Crippen LogP contribution in [-0.2, 0) is 11.2 Å². The molecule has 1 aliphatic rings. The van der Waals surface area contributed by atoms with Gasteiger partial charge in [-0.05, 0) is 86.1 Å². The number of piperidine rings is 1. The third-order valence-electron chi connectivity index (χ3n) is 7.49. The Hall–Kier alpha value is -5.10.